The molecule has 1 aliphatic heterocycles. The van der Waals surface area contributed by atoms with Gasteiger partial charge in [-0.3, -0.25) is 9.78 Å². The summed E-state index contributed by atoms with van der Waals surface area (Å²) in [6.45, 7) is 16.5. The standard InChI is InChI=1S/C25H42BN3O8/c1-23(2,3)35-22(31)28-11-13-33-15-17-34-16-14-32-12-10-27-21(30)20-9-8-19(18-29-20)26-36-24(4,5)25(6,7)37-26/h8-9,18H,10-17H2,1-7H3,(H,27,30)(H,28,31). The zero-order valence-electron chi connectivity index (χ0n) is 23.2. The number of aromatic nitrogens is 1. The number of carbonyl (C=O) groups is 2. The number of nitrogens with zero attached hydrogens (tertiary/aromatic N) is 1. The number of alkyl carbamates (subject to hydrolysis) is 1. The van der Waals surface area contributed by atoms with Gasteiger partial charge in [-0.05, 0) is 54.5 Å². The summed E-state index contributed by atoms with van der Waals surface area (Å²) >= 11 is 0. The van der Waals surface area contributed by atoms with Crippen LogP contribution in [0.1, 0.15) is 59.0 Å². The van der Waals surface area contributed by atoms with Gasteiger partial charge in [-0.15, -0.1) is 0 Å². The monoisotopic (exact) mass is 523 g/mol. The molecule has 0 aliphatic carbocycles. The van der Waals surface area contributed by atoms with E-state index in [4.69, 9.17) is 28.3 Å². The molecule has 0 unspecified atom stereocenters. The van der Waals surface area contributed by atoms with Gasteiger partial charge in [-0.2, -0.15) is 0 Å². The van der Waals surface area contributed by atoms with Crippen LogP contribution in [0, 0.1) is 0 Å². The summed E-state index contributed by atoms with van der Waals surface area (Å²) in [5.41, 5.74) is -0.317. The lowest BCUT2D eigenvalue weighted by molar-refractivity contribution is 0.00578. The average Bonchev–Trinajstić information content (AvgIpc) is 3.02. The molecule has 1 aromatic heterocycles. The second-order valence-corrected chi connectivity index (χ2v) is 10.6. The summed E-state index contributed by atoms with van der Waals surface area (Å²) in [6, 6.07) is 3.44. The van der Waals surface area contributed by atoms with Crippen LogP contribution in [0.5, 0.6) is 0 Å². The van der Waals surface area contributed by atoms with Crippen LogP contribution in [-0.4, -0.2) is 93.6 Å². The maximum Gasteiger partial charge on any atom is 0.496 e. The number of pyridine rings is 1. The van der Waals surface area contributed by atoms with Crippen LogP contribution in [0.25, 0.3) is 0 Å². The summed E-state index contributed by atoms with van der Waals surface area (Å²) in [7, 11) is -0.516. The molecule has 0 radical (unpaired) electrons. The van der Waals surface area contributed by atoms with E-state index in [0.29, 0.717) is 58.4 Å². The van der Waals surface area contributed by atoms with Crippen LogP contribution in [0.4, 0.5) is 4.79 Å². The Labute approximate surface area is 220 Å². The van der Waals surface area contributed by atoms with Gasteiger partial charge < -0.3 is 38.9 Å². The minimum absolute atomic E-state index is 0.279. The van der Waals surface area contributed by atoms with Gasteiger partial charge in [0.05, 0.1) is 50.8 Å². The van der Waals surface area contributed by atoms with Gasteiger partial charge in [0.2, 0.25) is 0 Å². The molecule has 1 aliphatic rings. The predicted octanol–water partition coefficient (Wildman–Crippen LogP) is 1.69. The van der Waals surface area contributed by atoms with E-state index < -0.39 is 30.0 Å². The number of carbonyl (C=O) groups excluding carboxylic acids is 2. The van der Waals surface area contributed by atoms with Crippen LogP contribution in [0.2, 0.25) is 0 Å². The molecule has 2 N–H and O–H groups in total. The highest BCUT2D eigenvalue weighted by Crippen LogP contribution is 2.36. The van der Waals surface area contributed by atoms with Crippen LogP contribution in [-0.2, 0) is 28.3 Å². The van der Waals surface area contributed by atoms with Crippen molar-refractivity contribution < 1.29 is 37.8 Å². The summed E-state index contributed by atoms with van der Waals surface area (Å²) in [5.74, 6) is -0.279. The number of rotatable bonds is 14. The second kappa shape index (κ2) is 14.1. The van der Waals surface area contributed by atoms with Crippen LogP contribution < -0.4 is 16.1 Å². The van der Waals surface area contributed by atoms with E-state index in [-0.39, 0.29) is 5.91 Å². The van der Waals surface area contributed by atoms with Crippen molar-refractivity contribution in [1.82, 2.24) is 15.6 Å². The van der Waals surface area contributed by atoms with Gasteiger partial charge in [0.15, 0.2) is 0 Å². The molecule has 208 valence electrons. The first-order valence-corrected chi connectivity index (χ1v) is 12.6. The highest BCUT2D eigenvalue weighted by molar-refractivity contribution is 6.62. The molecule has 2 heterocycles. The van der Waals surface area contributed by atoms with Crippen molar-refractivity contribution in [2.24, 2.45) is 0 Å². The summed E-state index contributed by atoms with van der Waals surface area (Å²) in [6.07, 6.45) is 1.14. The van der Waals surface area contributed by atoms with E-state index in [0.717, 1.165) is 5.46 Å². The molecule has 0 aromatic carbocycles. The van der Waals surface area contributed by atoms with Crippen molar-refractivity contribution in [3.63, 3.8) is 0 Å². The van der Waals surface area contributed by atoms with Crippen molar-refractivity contribution in [2.45, 2.75) is 65.3 Å². The van der Waals surface area contributed by atoms with Crippen molar-refractivity contribution in [3.8, 4) is 0 Å². The fourth-order valence-corrected chi connectivity index (χ4v) is 3.07. The lowest BCUT2D eigenvalue weighted by Crippen LogP contribution is -2.41. The molecular weight excluding hydrogens is 481 g/mol. The third kappa shape index (κ3) is 10.9. The minimum Gasteiger partial charge on any atom is -0.444 e. The first-order valence-electron chi connectivity index (χ1n) is 12.6. The molecule has 12 heteroatoms. The smallest absolute Gasteiger partial charge is 0.444 e. The topological polar surface area (TPSA) is 126 Å². The molecule has 0 spiro atoms. The first-order chi connectivity index (χ1) is 17.3. The summed E-state index contributed by atoms with van der Waals surface area (Å²) in [4.78, 5) is 28.0. The molecular formula is C25H42BN3O8. The van der Waals surface area contributed by atoms with Crippen molar-refractivity contribution in [2.75, 3.05) is 52.7 Å². The zero-order chi connectivity index (χ0) is 27.5. The van der Waals surface area contributed by atoms with E-state index in [1.165, 1.54) is 0 Å². The lowest BCUT2D eigenvalue weighted by Gasteiger charge is -2.32. The van der Waals surface area contributed by atoms with E-state index in [1.807, 2.05) is 48.5 Å². The molecule has 37 heavy (non-hydrogen) atoms. The van der Waals surface area contributed by atoms with Gasteiger partial charge in [-0.25, -0.2) is 4.79 Å². The Bertz CT molecular complexity index is 842. The lowest BCUT2D eigenvalue weighted by atomic mass is 9.80. The fourth-order valence-electron chi connectivity index (χ4n) is 3.07. The number of ether oxygens (including phenoxy) is 4. The maximum atomic E-state index is 12.3. The molecule has 2 rings (SSSR count). The predicted molar refractivity (Wildman–Crippen MR) is 139 cm³/mol. The highest BCUT2D eigenvalue weighted by atomic mass is 16.7. The van der Waals surface area contributed by atoms with Crippen molar-refractivity contribution in [3.05, 3.63) is 24.0 Å². The Balaban J connectivity index is 1.47. The minimum atomic E-state index is -0.521. The first kappa shape index (κ1) is 31.0. The van der Waals surface area contributed by atoms with Crippen molar-refractivity contribution >= 4 is 24.6 Å². The van der Waals surface area contributed by atoms with Gasteiger partial charge >= 0.3 is 13.2 Å². The van der Waals surface area contributed by atoms with Crippen LogP contribution in [0.3, 0.4) is 0 Å². The third-order valence-corrected chi connectivity index (χ3v) is 5.74. The van der Waals surface area contributed by atoms with Gasteiger partial charge in [-0.1, -0.05) is 6.07 Å². The largest absolute Gasteiger partial charge is 0.496 e. The van der Waals surface area contributed by atoms with E-state index in [2.05, 4.69) is 15.6 Å². The third-order valence-electron chi connectivity index (χ3n) is 5.74. The van der Waals surface area contributed by atoms with Gasteiger partial charge in [0.1, 0.15) is 11.3 Å². The Morgan fingerprint density at radius 3 is 1.86 bits per heavy atom. The number of nitrogens with one attached hydrogen (secondary N) is 2. The number of amides is 2. The highest BCUT2D eigenvalue weighted by Gasteiger charge is 2.51. The zero-order valence-corrected chi connectivity index (χ0v) is 23.2. The quantitative estimate of drug-likeness (QED) is 0.277. The molecule has 0 atom stereocenters. The van der Waals surface area contributed by atoms with Gasteiger partial charge in [0.25, 0.3) is 5.91 Å². The van der Waals surface area contributed by atoms with E-state index >= 15 is 0 Å². The maximum absolute atomic E-state index is 12.3. The number of hydrogen-bond donors (Lipinski definition) is 2. The number of hydrogen-bond acceptors (Lipinski definition) is 9. The molecule has 0 bridgehead atoms. The van der Waals surface area contributed by atoms with Crippen molar-refractivity contribution in [1.29, 1.82) is 0 Å². The molecule has 11 nitrogen and oxygen atoms in total. The normalized spacial score (nSPS) is 16.5. The molecule has 0 saturated carbocycles. The average molecular weight is 523 g/mol. The van der Waals surface area contributed by atoms with Gasteiger partial charge in [0, 0.05) is 24.7 Å². The van der Waals surface area contributed by atoms with Crippen LogP contribution >= 0.6 is 0 Å². The fraction of sp³-hybridized carbons (Fsp3) is 0.720. The SMILES string of the molecule is CC(C)(C)OC(=O)NCCOCCOCCOCCNC(=O)c1ccc(B2OC(C)(C)C(C)(C)O2)cn1. The molecule has 1 fully saturated rings. The van der Waals surface area contributed by atoms with Crippen LogP contribution in [0.15, 0.2) is 18.3 Å². The summed E-state index contributed by atoms with van der Waals surface area (Å²) in [5, 5.41) is 5.39. The Morgan fingerprint density at radius 2 is 1.38 bits per heavy atom. The second-order valence-electron chi connectivity index (χ2n) is 10.6. The Hall–Kier alpha value is -2.25. The molecule has 1 saturated heterocycles. The Kier molecular flexibility index (Phi) is 11.8. The van der Waals surface area contributed by atoms with E-state index in [9.17, 15) is 9.59 Å². The Morgan fingerprint density at radius 1 is 0.865 bits per heavy atom. The summed E-state index contributed by atoms with van der Waals surface area (Å²) < 4.78 is 33.4. The van der Waals surface area contributed by atoms with E-state index in [1.54, 1.807) is 18.3 Å². The molecule has 1 aromatic rings. The molecule has 2 amide bonds.